The van der Waals surface area contributed by atoms with E-state index in [0.29, 0.717) is 12.8 Å². The lowest BCUT2D eigenvalue weighted by Crippen LogP contribution is -2.46. The van der Waals surface area contributed by atoms with Gasteiger partial charge in [-0.05, 0) is 12.0 Å². The van der Waals surface area contributed by atoms with Crippen molar-refractivity contribution in [1.29, 1.82) is 0 Å². The van der Waals surface area contributed by atoms with Gasteiger partial charge in [0.2, 0.25) is 11.8 Å². The van der Waals surface area contributed by atoms with Crippen molar-refractivity contribution in [3.63, 3.8) is 0 Å². The maximum atomic E-state index is 12.3. The van der Waals surface area contributed by atoms with Crippen molar-refractivity contribution in [2.24, 2.45) is 0 Å². The van der Waals surface area contributed by atoms with Crippen molar-refractivity contribution in [3.8, 4) is 0 Å². The van der Waals surface area contributed by atoms with Crippen LogP contribution in [-0.4, -0.2) is 40.4 Å². The molecule has 6 heteroatoms. The molecule has 6 nitrogen and oxygen atoms in total. The predicted molar refractivity (Wildman–Crippen MR) is 70.7 cm³/mol. The highest BCUT2D eigenvalue weighted by atomic mass is 16.4. The summed E-state index contributed by atoms with van der Waals surface area (Å²) in [4.78, 5) is 35.6. The van der Waals surface area contributed by atoms with Crippen LogP contribution < -0.4 is 5.32 Å². The third-order valence-corrected chi connectivity index (χ3v) is 3.15. The molecule has 0 aromatic heterocycles. The van der Waals surface area contributed by atoms with Gasteiger partial charge in [-0.3, -0.25) is 14.4 Å². The van der Waals surface area contributed by atoms with Crippen molar-refractivity contribution in [2.45, 2.75) is 25.4 Å². The van der Waals surface area contributed by atoms with Gasteiger partial charge >= 0.3 is 5.97 Å². The maximum Gasteiger partial charge on any atom is 0.323 e. The topological polar surface area (TPSA) is 86.7 Å². The fourth-order valence-corrected chi connectivity index (χ4v) is 2.20. The van der Waals surface area contributed by atoms with Crippen molar-refractivity contribution in [1.82, 2.24) is 10.2 Å². The highest BCUT2D eigenvalue weighted by Crippen LogP contribution is 2.12. The molecule has 1 saturated heterocycles. The fraction of sp³-hybridized carbons (Fsp3) is 0.357. The number of rotatable bonds is 5. The number of nitrogens with one attached hydrogen (secondary N) is 1. The van der Waals surface area contributed by atoms with E-state index in [2.05, 4.69) is 5.32 Å². The van der Waals surface area contributed by atoms with Gasteiger partial charge in [0.25, 0.3) is 0 Å². The Morgan fingerprint density at radius 3 is 2.55 bits per heavy atom. The number of nitrogens with zero attached hydrogens (tertiary/aromatic N) is 1. The van der Waals surface area contributed by atoms with E-state index in [-0.39, 0.29) is 24.9 Å². The summed E-state index contributed by atoms with van der Waals surface area (Å²) in [7, 11) is 0. The molecule has 2 amide bonds. The molecule has 1 unspecified atom stereocenters. The van der Waals surface area contributed by atoms with Crippen molar-refractivity contribution < 1.29 is 19.5 Å². The zero-order valence-corrected chi connectivity index (χ0v) is 10.9. The first-order chi connectivity index (χ1) is 9.56. The monoisotopic (exact) mass is 276 g/mol. The second kappa shape index (κ2) is 6.18. The zero-order chi connectivity index (χ0) is 14.5. The Morgan fingerprint density at radius 2 is 2.00 bits per heavy atom. The van der Waals surface area contributed by atoms with Gasteiger partial charge in [-0.1, -0.05) is 30.3 Å². The van der Waals surface area contributed by atoms with E-state index < -0.39 is 12.0 Å². The standard InChI is InChI=1S/C14H16N2O4/c17-12-7-6-11(15-12)14(20)16(9-13(18)19)8-10-4-2-1-3-5-10/h1-5,11H,6-9H2,(H,15,17)(H,18,19). The Hall–Kier alpha value is -2.37. The van der Waals surface area contributed by atoms with Crippen LogP contribution in [0.5, 0.6) is 0 Å². The van der Waals surface area contributed by atoms with Gasteiger partial charge in [0.15, 0.2) is 0 Å². The molecule has 1 aliphatic rings. The lowest BCUT2D eigenvalue weighted by molar-refractivity contribution is -0.145. The van der Waals surface area contributed by atoms with Gasteiger partial charge in [0.05, 0.1) is 0 Å². The van der Waals surface area contributed by atoms with Crippen molar-refractivity contribution >= 4 is 17.8 Å². The van der Waals surface area contributed by atoms with Crippen molar-refractivity contribution in [3.05, 3.63) is 35.9 Å². The molecule has 0 bridgehead atoms. The number of carboxylic acids is 1. The summed E-state index contributed by atoms with van der Waals surface area (Å²) in [5.74, 6) is -1.58. The molecule has 20 heavy (non-hydrogen) atoms. The largest absolute Gasteiger partial charge is 0.480 e. The van der Waals surface area contributed by atoms with Crippen molar-refractivity contribution in [2.75, 3.05) is 6.54 Å². The highest BCUT2D eigenvalue weighted by Gasteiger charge is 2.31. The van der Waals surface area contributed by atoms with E-state index in [0.717, 1.165) is 5.56 Å². The number of carbonyl (C=O) groups excluding carboxylic acids is 2. The molecule has 2 N–H and O–H groups in total. The molecular formula is C14H16N2O4. The number of hydrogen-bond donors (Lipinski definition) is 2. The van der Waals surface area contributed by atoms with Gasteiger partial charge in [0, 0.05) is 13.0 Å². The van der Waals surface area contributed by atoms with Gasteiger partial charge in [-0.2, -0.15) is 0 Å². The lowest BCUT2D eigenvalue weighted by Gasteiger charge is -2.24. The molecule has 1 heterocycles. The highest BCUT2D eigenvalue weighted by molar-refractivity contribution is 5.92. The second-order valence-corrected chi connectivity index (χ2v) is 4.73. The average Bonchev–Trinajstić information content (AvgIpc) is 2.84. The van der Waals surface area contributed by atoms with Crippen LogP contribution in [0.1, 0.15) is 18.4 Å². The molecule has 1 atom stereocenters. The van der Waals surface area contributed by atoms with Crippen LogP contribution in [0.2, 0.25) is 0 Å². The Balaban J connectivity index is 2.08. The van der Waals surface area contributed by atoms with E-state index in [4.69, 9.17) is 5.11 Å². The van der Waals surface area contributed by atoms with E-state index in [1.807, 2.05) is 30.3 Å². The zero-order valence-electron chi connectivity index (χ0n) is 10.9. The van der Waals surface area contributed by atoms with Crippen LogP contribution in [0.25, 0.3) is 0 Å². The second-order valence-electron chi connectivity index (χ2n) is 4.73. The van der Waals surface area contributed by atoms with E-state index >= 15 is 0 Å². The average molecular weight is 276 g/mol. The SMILES string of the molecule is O=C(O)CN(Cc1ccccc1)C(=O)C1CCC(=O)N1. The molecule has 1 aliphatic heterocycles. The number of carbonyl (C=O) groups is 3. The summed E-state index contributed by atoms with van der Waals surface area (Å²) in [6.45, 7) is -0.154. The first-order valence-corrected chi connectivity index (χ1v) is 6.40. The van der Waals surface area contributed by atoms with Crippen LogP contribution in [0.3, 0.4) is 0 Å². The van der Waals surface area contributed by atoms with E-state index in [9.17, 15) is 14.4 Å². The summed E-state index contributed by atoms with van der Waals surface area (Å²) < 4.78 is 0. The fourth-order valence-electron chi connectivity index (χ4n) is 2.20. The van der Waals surface area contributed by atoms with Gasteiger partial charge in [0.1, 0.15) is 12.6 Å². The minimum atomic E-state index is -1.07. The number of aliphatic carboxylic acids is 1. The van der Waals surface area contributed by atoms with Crippen LogP contribution >= 0.6 is 0 Å². The van der Waals surface area contributed by atoms with Crippen LogP contribution in [0.15, 0.2) is 30.3 Å². The molecule has 1 aromatic rings. The Labute approximate surface area is 116 Å². The Bertz CT molecular complexity index is 515. The molecule has 1 fully saturated rings. The maximum absolute atomic E-state index is 12.3. The van der Waals surface area contributed by atoms with E-state index in [1.165, 1.54) is 4.90 Å². The quantitative estimate of drug-likeness (QED) is 0.814. The third kappa shape index (κ3) is 3.57. The first kappa shape index (κ1) is 14.0. The molecule has 106 valence electrons. The molecule has 0 aliphatic carbocycles. The normalized spacial score (nSPS) is 17.6. The number of hydrogen-bond acceptors (Lipinski definition) is 3. The van der Waals surface area contributed by atoms with Crippen LogP contribution in [0.4, 0.5) is 0 Å². The Morgan fingerprint density at radius 1 is 1.30 bits per heavy atom. The summed E-state index contributed by atoms with van der Waals surface area (Å²) >= 11 is 0. The summed E-state index contributed by atoms with van der Waals surface area (Å²) in [6, 6.07) is 8.56. The minimum absolute atomic E-state index is 0.168. The van der Waals surface area contributed by atoms with Gasteiger partial charge in [-0.25, -0.2) is 0 Å². The molecule has 1 aromatic carbocycles. The molecular weight excluding hydrogens is 260 g/mol. The first-order valence-electron chi connectivity index (χ1n) is 6.40. The molecule has 2 rings (SSSR count). The molecule has 0 radical (unpaired) electrons. The smallest absolute Gasteiger partial charge is 0.323 e. The van der Waals surface area contributed by atoms with Gasteiger partial charge in [-0.15, -0.1) is 0 Å². The molecule has 0 spiro atoms. The van der Waals surface area contributed by atoms with Crippen LogP contribution in [-0.2, 0) is 20.9 Å². The van der Waals surface area contributed by atoms with Crippen LogP contribution in [0, 0.1) is 0 Å². The number of amides is 2. The third-order valence-electron chi connectivity index (χ3n) is 3.15. The number of benzene rings is 1. The van der Waals surface area contributed by atoms with E-state index in [1.54, 1.807) is 0 Å². The number of carboxylic acid groups (broad SMARTS) is 1. The summed E-state index contributed by atoms with van der Waals surface area (Å²) in [6.07, 6.45) is 0.727. The lowest BCUT2D eigenvalue weighted by atomic mass is 10.1. The minimum Gasteiger partial charge on any atom is -0.480 e. The van der Waals surface area contributed by atoms with Gasteiger partial charge < -0.3 is 15.3 Å². The summed E-state index contributed by atoms with van der Waals surface area (Å²) in [5, 5.41) is 11.5. The predicted octanol–water partition coefficient (Wildman–Crippen LogP) is 0.378. The molecule has 0 saturated carbocycles. The Kier molecular flexibility index (Phi) is 4.34. The summed E-state index contributed by atoms with van der Waals surface area (Å²) in [5.41, 5.74) is 0.853.